The van der Waals surface area contributed by atoms with Gasteiger partial charge in [0.15, 0.2) is 0 Å². The molecule has 2 heterocycles. The number of hydrogen-bond acceptors (Lipinski definition) is 4. The lowest BCUT2D eigenvalue weighted by Gasteiger charge is -2.32. The lowest BCUT2D eigenvalue weighted by molar-refractivity contribution is -0.123. The summed E-state index contributed by atoms with van der Waals surface area (Å²) >= 11 is 1.73. The SMILES string of the molecule is O=C(NCc1ccccc1)C1CC12CCN(Cc1nccs1)CC2. The van der Waals surface area contributed by atoms with E-state index in [1.807, 2.05) is 29.8 Å². The van der Waals surface area contributed by atoms with Gasteiger partial charge in [-0.3, -0.25) is 9.69 Å². The first-order valence-electron chi connectivity index (χ1n) is 8.68. The number of likely N-dealkylation sites (tertiary alicyclic amines) is 1. The number of aromatic nitrogens is 1. The van der Waals surface area contributed by atoms with E-state index in [4.69, 9.17) is 0 Å². The molecule has 1 spiro atoms. The van der Waals surface area contributed by atoms with Gasteiger partial charge in [0.25, 0.3) is 0 Å². The minimum atomic E-state index is 0.225. The lowest BCUT2D eigenvalue weighted by Crippen LogP contribution is -2.36. The van der Waals surface area contributed by atoms with Crippen LogP contribution in [0.5, 0.6) is 0 Å². The number of hydrogen-bond donors (Lipinski definition) is 1. The van der Waals surface area contributed by atoms with Crippen molar-refractivity contribution in [2.75, 3.05) is 13.1 Å². The van der Waals surface area contributed by atoms with Crippen LogP contribution in [0.4, 0.5) is 0 Å². The summed E-state index contributed by atoms with van der Waals surface area (Å²) in [6, 6.07) is 10.1. The Labute approximate surface area is 146 Å². The van der Waals surface area contributed by atoms with Crippen LogP contribution < -0.4 is 5.32 Å². The first-order valence-corrected chi connectivity index (χ1v) is 9.56. The maximum absolute atomic E-state index is 12.5. The zero-order chi connectivity index (χ0) is 16.4. The third-order valence-electron chi connectivity index (χ3n) is 5.51. The summed E-state index contributed by atoms with van der Waals surface area (Å²) in [5.41, 5.74) is 1.44. The Kier molecular flexibility index (Phi) is 4.37. The van der Waals surface area contributed by atoms with E-state index < -0.39 is 0 Å². The molecule has 1 aromatic heterocycles. The van der Waals surface area contributed by atoms with Crippen molar-refractivity contribution in [2.24, 2.45) is 11.3 Å². The van der Waals surface area contributed by atoms with Crippen LogP contribution in [-0.4, -0.2) is 28.9 Å². The summed E-state index contributed by atoms with van der Waals surface area (Å²) in [7, 11) is 0. The molecule has 126 valence electrons. The molecular formula is C19H23N3OS. The number of benzene rings is 1. The second kappa shape index (κ2) is 6.65. The van der Waals surface area contributed by atoms with Crippen LogP contribution in [0.1, 0.15) is 29.8 Å². The smallest absolute Gasteiger partial charge is 0.223 e. The number of amides is 1. The molecule has 4 nitrogen and oxygen atoms in total. The normalized spacial score (nSPS) is 22.4. The second-order valence-corrected chi connectivity index (χ2v) is 8.00. The number of carbonyl (C=O) groups excluding carboxylic acids is 1. The van der Waals surface area contributed by atoms with E-state index in [0.717, 1.165) is 38.9 Å². The predicted molar refractivity (Wildman–Crippen MR) is 95.5 cm³/mol. The minimum absolute atomic E-state index is 0.225. The molecule has 1 atom stereocenters. The second-order valence-electron chi connectivity index (χ2n) is 7.02. The van der Waals surface area contributed by atoms with E-state index in [0.29, 0.717) is 6.54 Å². The summed E-state index contributed by atoms with van der Waals surface area (Å²) in [4.78, 5) is 19.3. The number of carbonyl (C=O) groups is 1. The van der Waals surface area contributed by atoms with Crippen molar-refractivity contribution in [3.8, 4) is 0 Å². The van der Waals surface area contributed by atoms with E-state index in [9.17, 15) is 4.79 Å². The van der Waals surface area contributed by atoms with Crippen LogP contribution in [0, 0.1) is 11.3 Å². The molecule has 4 rings (SSSR count). The maximum Gasteiger partial charge on any atom is 0.223 e. The Bertz CT molecular complexity index is 678. The molecule has 0 bridgehead atoms. The van der Waals surface area contributed by atoms with Gasteiger partial charge in [0, 0.05) is 24.0 Å². The van der Waals surface area contributed by atoms with Crippen molar-refractivity contribution in [3.63, 3.8) is 0 Å². The molecule has 2 aliphatic rings. The fourth-order valence-corrected chi connectivity index (χ4v) is 4.52. The quantitative estimate of drug-likeness (QED) is 0.909. The zero-order valence-corrected chi connectivity index (χ0v) is 14.6. The van der Waals surface area contributed by atoms with Gasteiger partial charge in [-0.05, 0) is 43.3 Å². The summed E-state index contributed by atoms with van der Waals surface area (Å²) in [5.74, 6) is 0.468. The van der Waals surface area contributed by atoms with Crippen LogP contribution in [0.25, 0.3) is 0 Å². The van der Waals surface area contributed by atoms with E-state index in [-0.39, 0.29) is 17.2 Å². The van der Waals surface area contributed by atoms with Gasteiger partial charge in [-0.15, -0.1) is 11.3 Å². The number of nitrogens with one attached hydrogen (secondary N) is 1. The van der Waals surface area contributed by atoms with Gasteiger partial charge in [0.2, 0.25) is 5.91 Å². The minimum Gasteiger partial charge on any atom is -0.352 e. The van der Waals surface area contributed by atoms with E-state index >= 15 is 0 Å². The van der Waals surface area contributed by atoms with E-state index in [1.165, 1.54) is 10.6 Å². The van der Waals surface area contributed by atoms with Crippen LogP contribution in [0.2, 0.25) is 0 Å². The van der Waals surface area contributed by atoms with Gasteiger partial charge in [0.1, 0.15) is 5.01 Å². The fraction of sp³-hybridized carbons (Fsp3) is 0.474. The third kappa shape index (κ3) is 3.37. The van der Waals surface area contributed by atoms with Crippen LogP contribution in [0.15, 0.2) is 41.9 Å². The van der Waals surface area contributed by atoms with Crippen LogP contribution in [-0.2, 0) is 17.9 Å². The zero-order valence-electron chi connectivity index (χ0n) is 13.8. The molecule has 1 N–H and O–H groups in total. The average molecular weight is 341 g/mol. The van der Waals surface area contributed by atoms with Crippen LogP contribution in [0.3, 0.4) is 0 Å². The summed E-state index contributed by atoms with van der Waals surface area (Å²) in [6.07, 6.45) is 5.22. The monoisotopic (exact) mass is 341 g/mol. The molecule has 1 aromatic carbocycles. The number of rotatable bonds is 5. The predicted octanol–water partition coefficient (Wildman–Crippen LogP) is 3.06. The summed E-state index contributed by atoms with van der Waals surface area (Å²) in [5, 5.41) is 6.35. The van der Waals surface area contributed by atoms with Crippen molar-refractivity contribution in [2.45, 2.75) is 32.4 Å². The Morgan fingerprint density at radius 3 is 2.79 bits per heavy atom. The van der Waals surface area contributed by atoms with Crippen molar-refractivity contribution in [1.29, 1.82) is 0 Å². The Morgan fingerprint density at radius 1 is 1.29 bits per heavy atom. The summed E-state index contributed by atoms with van der Waals surface area (Å²) in [6.45, 7) is 3.77. The molecule has 5 heteroatoms. The highest BCUT2D eigenvalue weighted by molar-refractivity contribution is 7.09. The van der Waals surface area contributed by atoms with Crippen molar-refractivity contribution >= 4 is 17.2 Å². The average Bonchev–Trinajstić information content (AvgIpc) is 3.07. The fourth-order valence-electron chi connectivity index (χ4n) is 3.86. The highest BCUT2D eigenvalue weighted by Crippen LogP contribution is 2.59. The van der Waals surface area contributed by atoms with Gasteiger partial charge in [-0.1, -0.05) is 30.3 Å². The van der Waals surface area contributed by atoms with Crippen LogP contribution >= 0.6 is 11.3 Å². The third-order valence-corrected chi connectivity index (χ3v) is 6.27. The molecule has 2 aromatic rings. The first kappa shape index (κ1) is 15.8. The molecular weight excluding hydrogens is 318 g/mol. The standard InChI is InChI=1S/C19H23N3OS/c23-18(21-13-15-4-2-1-3-5-15)16-12-19(16)6-9-22(10-7-19)14-17-20-8-11-24-17/h1-5,8,11,16H,6-7,9-10,12-14H2,(H,21,23). The van der Waals surface area contributed by atoms with Gasteiger partial charge in [-0.2, -0.15) is 0 Å². The number of piperidine rings is 1. The van der Waals surface area contributed by atoms with Crippen molar-refractivity contribution in [1.82, 2.24) is 15.2 Å². The lowest BCUT2D eigenvalue weighted by atomic mass is 9.90. The van der Waals surface area contributed by atoms with Gasteiger partial charge in [0.05, 0.1) is 6.54 Å². The van der Waals surface area contributed by atoms with Gasteiger partial charge < -0.3 is 5.32 Å². The summed E-state index contributed by atoms with van der Waals surface area (Å²) < 4.78 is 0. The Morgan fingerprint density at radius 2 is 2.08 bits per heavy atom. The Balaban J connectivity index is 1.25. The molecule has 1 aliphatic carbocycles. The first-order chi connectivity index (χ1) is 11.8. The molecule has 1 amide bonds. The molecule has 1 saturated carbocycles. The highest BCUT2D eigenvalue weighted by Gasteiger charge is 2.58. The molecule has 1 unspecified atom stereocenters. The van der Waals surface area contributed by atoms with E-state index in [1.54, 1.807) is 11.3 Å². The molecule has 1 aliphatic heterocycles. The number of thiazole rings is 1. The van der Waals surface area contributed by atoms with Crippen molar-refractivity contribution in [3.05, 3.63) is 52.5 Å². The van der Waals surface area contributed by atoms with Gasteiger partial charge >= 0.3 is 0 Å². The molecule has 0 radical (unpaired) electrons. The highest BCUT2D eigenvalue weighted by atomic mass is 32.1. The van der Waals surface area contributed by atoms with E-state index in [2.05, 4.69) is 27.3 Å². The Hall–Kier alpha value is -1.72. The largest absolute Gasteiger partial charge is 0.352 e. The van der Waals surface area contributed by atoms with Crippen molar-refractivity contribution < 1.29 is 4.79 Å². The molecule has 2 fully saturated rings. The molecule has 24 heavy (non-hydrogen) atoms. The topological polar surface area (TPSA) is 45.2 Å². The number of nitrogens with zero attached hydrogens (tertiary/aromatic N) is 2. The maximum atomic E-state index is 12.5. The van der Waals surface area contributed by atoms with Gasteiger partial charge in [-0.25, -0.2) is 4.98 Å². The molecule has 1 saturated heterocycles.